The fourth-order valence-corrected chi connectivity index (χ4v) is 2.53. The number of anilines is 1. The Hall–Kier alpha value is -2.47. The molecule has 0 bridgehead atoms. The van der Waals surface area contributed by atoms with Gasteiger partial charge in [0, 0.05) is 25.3 Å². The summed E-state index contributed by atoms with van der Waals surface area (Å²) in [4.78, 5) is 1.96. The van der Waals surface area contributed by atoms with Gasteiger partial charge in [-0.2, -0.15) is 0 Å². The van der Waals surface area contributed by atoms with Crippen LogP contribution in [0.3, 0.4) is 0 Å². The van der Waals surface area contributed by atoms with Crippen molar-refractivity contribution in [3.63, 3.8) is 0 Å². The van der Waals surface area contributed by atoms with Crippen molar-refractivity contribution in [2.24, 2.45) is 0 Å². The van der Waals surface area contributed by atoms with E-state index in [1.807, 2.05) is 61.3 Å². The normalized spacial score (nSPS) is 10.1. The first-order valence-corrected chi connectivity index (χ1v) is 8.44. The third-order valence-electron chi connectivity index (χ3n) is 3.62. The highest BCUT2D eigenvalue weighted by Gasteiger charge is 2.10. The fourth-order valence-electron chi connectivity index (χ4n) is 2.35. The van der Waals surface area contributed by atoms with Gasteiger partial charge in [-0.15, -0.1) is 0 Å². The van der Waals surface area contributed by atoms with Gasteiger partial charge in [0.15, 0.2) is 16.6 Å². The highest BCUT2D eigenvalue weighted by Crippen LogP contribution is 2.28. The van der Waals surface area contributed by atoms with Gasteiger partial charge in [-0.3, -0.25) is 0 Å². The number of nitrogens with zero attached hydrogens (tertiary/aromatic N) is 1. The molecule has 5 nitrogen and oxygen atoms in total. The molecule has 2 rings (SSSR count). The first-order chi connectivity index (χ1) is 12.1. The minimum Gasteiger partial charge on any atom is -0.497 e. The molecule has 0 aliphatic rings. The fraction of sp³-hybridized carbons (Fsp3) is 0.316. The van der Waals surface area contributed by atoms with E-state index in [2.05, 4.69) is 5.32 Å². The van der Waals surface area contributed by atoms with Gasteiger partial charge in [-0.05, 0) is 49.0 Å². The zero-order chi connectivity index (χ0) is 18.2. The van der Waals surface area contributed by atoms with Gasteiger partial charge in [-0.1, -0.05) is 12.1 Å². The molecule has 0 aliphatic heterocycles. The summed E-state index contributed by atoms with van der Waals surface area (Å²) >= 11 is 5.48. The Balaban J connectivity index is 2.02. The van der Waals surface area contributed by atoms with Gasteiger partial charge in [0.1, 0.15) is 5.75 Å². The number of hydrogen-bond acceptors (Lipinski definition) is 4. The summed E-state index contributed by atoms with van der Waals surface area (Å²) in [6, 6.07) is 13.6. The second kappa shape index (κ2) is 9.13. The van der Waals surface area contributed by atoms with Gasteiger partial charge < -0.3 is 24.4 Å². The zero-order valence-corrected chi connectivity index (χ0v) is 15.9. The van der Waals surface area contributed by atoms with Crippen molar-refractivity contribution in [1.82, 2.24) is 4.90 Å². The maximum atomic E-state index is 5.55. The van der Waals surface area contributed by atoms with Crippen molar-refractivity contribution in [3.8, 4) is 17.2 Å². The molecule has 0 aliphatic carbocycles. The topological polar surface area (TPSA) is 43.0 Å². The second-order valence-corrected chi connectivity index (χ2v) is 5.82. The molecule has 0 atom stereocenters. The Morgan fingerprint density at radius 1 is 1.08 bits per heavy atom. The van der Waals surface area contributed by atoms with E-state index in [1.165, 1.54) is 0 Å². The van der Waals surface area contributed by atoms with E-state index in [0.29, 0.717) is 18.3 Å². The first-order valence-electron chi connectivity index (χ1n) is 8.03. The van der Waals surface area contributed by atoms with E-state index < -0.39 is 0 Å². The van der Waals surface area contributed by atoms with E-state index in [-0.39, 0.29) is 0 Å². The van der Waals surface area contributed by atoms with Crippen molar-refractivity contribution in [1.29, 1.82) is 0 Å². The number of rotatable bonds is 7. The Labute approximate surface area is 154 Å². The average Bonchev–Trinajstić information content (AvgIpc) is 2.63. The van der Waals surface area contributed by atoms with Gasteiger partial charge in [0.25, 0.3) is 0 Å². The monoisotopic (exact) mass is 360 g/mol. The standard InChI is InChI=1S/C19H24N2O3S/c1-5-24-17-10-9-14(11-18(17)23-4)13-21(2)19(25)20-15-7-6-8-16(12-15)22-3/h6-12H,5,13H2,1-4H3,(H,20,25). The molecule has 25 heavy (non-hydrogen) atoms. The zero-order valence-electron chi connectivity index (χ0n) is 15.0. The van der Waals surface area contributed by atoms with Gasteiger partial charge in [0.05, 0.1) is 20.8 Å². The maximum Gasteiger partial charge on any atom is 0.173 e. The summed E-state index contributed by atoms with van der Waals surface area (Å²) in [5.41, 5.74) is 1.97. The number of nitrogens with one attached hydrogen (secondary N) is 1. The summed E-state index contributed by atoms with van der Waals surface area (Å²) in [5, 5.41) is 3.84. The molecule has 0 saturated heterocycles. The average molecular weight is 360 g/mol. The lowest BCUT2D eigenvalue weighted by Crippen LogP contribution is -2.30. The van der Waals surface area contributed by atoms with Crippen molar-refractivity contribution in [2.45, 2.75) is 13.5 Å². The highest BCUT2D eigenvalue weighted by atomic mass is 32.1. The SMILES string of the molecule is CCOc1ccc(CN(C)C(=S)Nc2cccc(OC)c2)cc1OC. The van der Waals surface area contributed by atoms with Crippen LogP contribution in [0.25, 0.3) is 0 Å². The Bertz CT molecular complexity index is 722. The van der Waals surface area contributed by atoms with Crippen LogP contribution < -0.4 is 19.5 Å². The summed E-state index contributed by atoms with van der Waals surface area (Å²) in [7, 11) is 5.22. The predicted octanol–water partition coefficient (Wildman–Crippen LogP) is 3.93. The van der Waals surface area contributed by atoms with Crippen LogP contribution in [0, 0.1) is 0 Å². The number of ether oxygens (including phenoxy) is 3. The van der Waals surface area contributed by atoms with Crippen LogP contribution in [0.2, 0.25) is 0 Å². The number of methoxy groups -OCH3 is 2. The largest absolute Gasteiger partial charge is 0.497 e. The highest BCUT2D eigenvalue weighted by molar-refractivity contribution is 7.80. The molecule has 0 heterocycles. The van der Waals surface area contributed by atoms with Gasteiger partial charge in [0.2, 0.25) is 0 Å². The lowest BCUT2D eigenvalue weighted by atomic mass is 10.2. The van der Waals surface area contributed by atoms with Crippen LogP contribution in [0.1, 0.15) is 12.5 Å². The van der Waals surface area contributed by atoms with Crippen LogP contribution in [0.15, 0.2) is 42.5 Å². The summed E-state index contributed by atoms with van der Waals surface area (Å²) in [6.07, 6.45) is 0. The molecule has 0 saturated carbocycles. The van der Waals surface area contributed by atoms with Crippen molar-refractivity contribution < 1.29 is 14.2 Å². The van der Waals surface area contributed by atoms with Crippen LogP contribution in [-0.4, -0.2) is 37.9 Å². The molecule has 0 aromatic heterocycles. The van der Waals surface area contributed by atoms with Crippen LogP contribution >= 0.6 is 12.2 Å². The lowest BCUT2D eigenvalue weighted by Gasteiger charge is -2.22. The third kappa shape index (κ3) is 5.26. The number of thiocarbonyl (C=S) groups is 1. The van der Waals surface area contributed by atoms with Crippen LogP contribution in [0.5, 0.6) is 17.2 Å². The smallest absolute Gasteiger partial charge is 0.173 e. The second-order valence-electron chi connectivity index (χ2n) is 5.44. The quantitative estimate of drug-likeness (QED) is 0.755. The third-order valence-corrected chi connectivity index (χ3v) is 4.03. The summed E-state index contributed by atoms with van der Waals surface area (Å²) < 4.78 is 16.2. The number of benzene rings is 2. The molecule has 2 aromatic carbocycles. The van der Waals surface area contributed by atoms with Crippen molar-refractivity contribution in [2.75, 3.05) is 33.2 Å². The predicted molar refractivity (Wildman–Crippen MR) is 105 cm³/mol. The molecular formula is C19H24N2O3S. The Kier molecular flexibility index (Phi) is 6.89. The van der Waals surface area contributed by atoms with E-state index >= 15 is 0 Å². The van der Waals surface area contributed by atoms with E-state index in [9.17, 15) is 0 Å². The van der Waals surface area contributed by atoms with E-state index in [0.717, 1.165) is 28.5 Å². The Morgan fingerprint density at radius 3 is 2.56 bits per heavy atom. The van der Waals surface area contributed by atoms with Gasteiger partial charge >= 0.3 is 0 Å². The molecular weight excluding hydrogens is 336 g/mol. The minimum absolute atomic E-state index is 0.601. The van der Waals surface area contributed by atoms with Crippen LogP contribution in [-0.2, 0) is 6.54 Å². The van der Waals surface area contributed by atoms with E-state index in [1.54, 1.807) is 14.2 Å². The molecule has 1 N–H and O–H groups in total. The summed E-state index contributed by atoms with van der Waals surface area (Å²) in [6.45, 7) is 3.20. The van der Waals surface area contributed by atoms with Crippen molar-refractivity contribution >= 4 is 23.0 Å². The maximum absolute atomic E-state index is 5.55. The van der Waals surface area contributed by atoms with Crippen LogP contribution in [0.4, 0.5) is 5.69 Å². The molecule has 134 valence electrons. The molecule has 0 fully saturated rings. The molecule has 2 aromatic rings. The van der Waals surface area contributed by atoms with E-state index in [4.69, 9.17) is 26.4 Å². The Morgan fingerprint density at radius 2 is 1.88 bits per heavy atom. The molecule has 0 spiro atoms. The minimum atomic E-state index is 0.601. The lowest BCUT2D eigenvalue weighted by molar-refractivity contribution is 0.310. The van der Waals surface area contributed by atoms with Crippen molar-refractivity contribution in [3.05, 3.63) is 48.0 Å². The van der Waals surface area contributed by atoms with Gasteiger partial charge in [-0.25, -0.2) is 0 Å². The molecule has 0 radical (unpaired) electrons. The number of hydrogen-bond donors (Lipinski definition) is 1. The molecule has 0 unspecified atom stereocenters. The molecule has 6 heteroatoms. The molecule has 0 amide bonds. The summed E-state index contributed by atoms with van der Waals surface area (Å²) in [5.74, 6) is 2.25. The first kappa shape index (κ1) is 18.9.